The van der Waals surface area contributed by atoms with E-state index in [1.807, 2.05) is 24.3 Å². The van der Waals surface area contributed by atoms with Crippen molar-refractivity contribution in [3.63, 3.8) is 0 Å². The molecule has 0 saturated heterocycles. The van der Waals surface area contributed by atoms with Crippen molar-refractivity contribution in [1.82, 2.24) is 4.90 Å². The zero-order valence-corrected chi connectivity index (χ0v) is 8.56. The summed E-state index contributed by atoms with van der Waals surface area (Å²) >= 11 is 0. The lowest BCUT2D eigenvalue weighted by Crippen LogP contribution is -2.17. The van der Waals surface area contributed by atoms with Crippen LogP contribution in [0.25, 0.3) is 0 Å². The lowest BCUT2D eigenvalue weighted by atomic mass is 10.2. The maximum atomic E-state index is 8.56. The van der Waals surface area contributed by atoms with Crippen LogP contribution in [-0.2, 0) is 6.54 Å². The minimum absolute atomic E-state index is 0.124. The Bertz CT molecular complexity index is 269. The Kier molecular flexibility index (Phi) is 4.97. The van der Waals surface area contributed by atoms with E-state index in [4.69, 9.17) is 5.11 Å². The molecule has 76 valence electrons. The molecule has 1 aromatic carbocycles. The predicted octanol–water partition coefficient (Wildman–Crippen LogP) is 1.67. The second-order valence-corrected chi connectivity index (χ2v) is 3.34. The van der Waals surface area contributed by atoms with Crippen LogP contribution in [0.3, 0.4) is 0 Å². The molecule has 0 saturated carbocycles. The van der Waals surface area contributed by atoms with Gasteiger partial charge in [-0.1, -0.05) is 42.5 Å². The molecular weight excluding hydrogens is 174 g/mol. The van der Waals surface area contributed by atoms with Crippen LogP contribution < -0.4 is 0 Å². The number of rotatable bonds is 5. The molecule has 0 aliphatic heterocycles. The highest BCUT2D eigenvalue weighted by Crippen LogP contribution is 2.01. The van der Waals surface area contributed by atoms with Gasteiger partial charge in [0.2, 0.25) is 0 Å². The second kappa shape index (κ2) is 6.35. The van der Waals surface area contributed by atoms with Crippen LogP contribution in [0.5, 0.6) is 0 Å². The maximum absolute atomic E-state index is 8.56. The molecule has 0 spiro atoms. The Morgan fingerprint density at radius 3 is 2.57 bits per heavy atom. The predicted molar refractivity (Wildman–Crippen MR) is 59.0 cm³/mol. The first-order valence-corrected chi connectivity index (χ1v) is 4.81. The summed E-state index contributed by atoms with van der Waals surface area (Å²) in [6, 6.07) is 10.4. The molecule has 0 atom stereocenters. The van der Waals surface area contributed by atoms with Crippen molar-refractivity contribution in [3.05, 3.63) is 48.0 Å². The first-order chi connectivity index (χ1) is 6.83. The Balaban J connectivity index is 2.34. The highest BCUT2D eigenvalue weighted by Gasteiger charge is 1.96. The molecule has 0 amide bonds. The summed E-state index contributed by atoms with van der Waals surface area (Å²) in [5.74, 6) is 0. The minimum Gasteiger partial charge on any atom is -0.392 e. The van der Waals surface area contributed by atoms with E-state index < -0.39 is 0 Å². The van der Waals surface area contributed by atoms with Crippen LogP contribution >= 0.6 is 0 Å². The number of hydrogen-bond donors (Lipinski definition) is 1. The summed E-state index contributed by atoms with van der Waals surface area (Å²) in [6.45, 7) is 1.94. The van der Waals surface area contributed by atoms with Crippen LogP contribution in [0.4, 0.5) is 0 Å². The van der Waals surface area contributed by atoms with Crippen LogP contribution in [0.2, 0.25) is 0 Å². The Morgan fingerprint density at radius 1 is 1.21 bits per heavy atom. The summed E-state index contributed by atoms with van der Waals surface area (Å²) in [4.78, 5) is 2.20. The van der Waals surface area contributed by atoms with Crippen molar-refractivity contribution >= 4 is 0 Å². The third kappa shape index (κ3) is 4.21. The second-order valence-electron chi connectivity index (χ2n) is 3.34. The first kappa shape index (κ1) is 11.0. The average molecular weight is 191 g/mol. The summed E-state index contributed by atoms with van der Waals surface area (Å²) in [6.07, 6.45) is 3.74. The SMILES string of the molecule is CN(C/C=C\CO)Cc1ccccc1. The molecule has 0 bridgehead atoms. The van der Waals surface area contributed by atoms with E-state index in [9.17, 15) is 0 Å². The van der Waals surface area contributed by atoms with Crippen molar-refractivity contribution in [2.24, 2.45) is 0 Å². The molecule has 0 radical (unpaired) electrons. The van der Waals surface area contributed by atoms with Gasteiger partial charge in [-0.2, -0.15) is 0 Å². The summed E-state index contributed by atoms with van der Waals surface area (Å²) in [7, 11) is 2.06. The molecule has 0 unspecified atom stereocenters. The molecule has 0 aliphatic carbocycles. The van der Waals surface area contributed by atoms with Crippen molar-refractivity contribution in [3.8, 4) is 0 Å². The van der Waals surface area contributed by atoms with E-state index in [2.05, 4.69) is 24.1 Å². The summed E-state index contributed by atoms with van der Waals surface area (Å²) in [5.41, 5.74) is 1.31. The molecule has 0 fully saturated rings. The van der Waals surface area contributed by atoms with Gasteiger partial charge < -0.3 is 5.11 Å². The van der Waals surface area contributed by atoms with E-state index in [1.165, 1.54) is 5.56 Å². The van der Waals surface area contributed by atoms with Gasteiger partial charge in [0, 0.05) is 13.1 Å². The minimum atomic E-state index is 0.124. The third-order valence-corrected chi connectivity index (χ3v) is 1.98. The molecule has 1 N–H and O–H groups in total. The van der Waals surface area contributed by atoms with E-state index in [-0.39, 0.29) is 6.61 Å². The van der Waals surface area contributed by atoms with Crippen molar-refractivity contribution in [2.75, 3.05) is 20.2 Å². The van der Waals surface area contributed by atoms with Crippen LogP contribution in [0.15, 0.2) is 42.5 Å². The maximum Gasteiger partial charge on any atom is 0.0612 e. The lowest BCUT2D eigenvalue weighted by molar-refractivity contribution is 0.338. The highest BCUT2D eigenvalue weighted by atomic mass is 16.2. The van der Waals surface area contributed by atoms with Gasteiger partial charge in [-0.05, 0) is 12.6 Å². The Labute approximate surface area is 85.5 Å². The molecule has 1 aromatic rings. The van der Waals surface area contributed by atoms with Crippen LogP contribution in [-0.4, -0.2) is 30.2 Å². The van der Waals surface area contributed by atoms with Crippen LogP contribution in [0, 0.1) is 0 Å². The zero-order valence-electron chi connectivity index (χ0n) is 8.56. The van der Waals surface area contributed by atoms with Crippen molar-refractivity contribution in [2.45, 2.75) is 6.54 Å². The topological polar surface area (TPSA) is 23.5 Å². The number of aliphatic hydroxyl groups excluding tert-OH is 1. The molecule has 1 rings (SSSR count). The number of aliphatic hydroxyl groups is 1. The number of benzene rings is 1. The molecule has 0 aliphatic rings. The van der Waals surface area contributed by atoms with Gasteiger partial charge in [0.05, 0.1) is 6.61 Å². The first-order valence-electron chi connectivity index (χ1n) is 4.81. The molecule has 14 heavy (non-hydrogen) atoms. The van der Waals surface area contributed by atoms with Crippen molar-refractivity contribution < 1.29 is 5.11 Å². The van der Waals surface area contributed by atoms with Crippen molar-refractivity contribution in [1.29, 1.82) is 0 Å². The van der Waals surface area contributed by atoms with E-state index in [0.29, 0.717) is 0 Å². The van der Waals surface area contributed by atoms with Gasteiger partial charge in [0.15, 0.2) is 0 Å². The highest BCUT2D eigenvalue weighted by molar-refractivity contribution is 5.14. The van der Waals surface area contributed by atoms with Gasteiger partial charge in [-0.15, -0.1) is 0 Å². The van der Waals surface area contributed by atoms with Gasteiger partial charge in [0.1, 0.15) is 0 Å². The van der Waals surface area contributed by atoms with Gasteiger partial charge >= 0.3 is 0 Å². The van der Waals surface area contributed by atoms with Gasteiger partial charge in [0.25, 0.3) is 0 Å². The van der Waals surface area contributed by atoms with E-state index in [0.717, 1.165) is 13.1 Å². The standard InChI is InChI=1S/C12H17NO/c1-13(9-5-6-10-14)11-12-7-3-2-4-8-12/h2-8,14H,9-11H2,1H3/b6-5-. The molecule has 2 heteroatoms. The normalized spacial score (nSPS) is 11.4. The summed E-state index contributed by atoms with van der Waals surface area (Å²) < 4.78 is 0. The quantitative estimate of drug-likeness (QED) is 0.716. The monoisotopic (exact) mass is 191 g/mol. The van der Waals surface area contributed by atoms with Gasteiger partial charge in [-0.25, -0.2) is 0 Å². The number of hydrogen-bond acceptors (Lipinski definition) is 2. The fourth-order valence-electron chi connectivity index (χ4n) is 1.29. The molecule has 0 heterocycles. The smallest absolute Gasteiger partial charge is 0.0612 e. The average Bonchev–Trinajstić information content (AvgIpc) is 2.20. The summed E-state index contributed by atoms with van der Waals surface area (Å²) in [5, 5.41) is 8.56. The zero-order chi connectivity index (χ0) is 10.2. The Hall–Kier alpha value is -1.12. The van der Waals surface area contributed by atoms with Gasteiger partial charge in [-0.3, -0.25) is 4.90 Å². The molecule has 2 nitrogen and oxygen atoms in total. The largest absolute Gasteiger partial charge is 0.392 e. The molecule has 0 aromatic heterocycles. The Morgan fingerprint density at radius 2 is 1.93 bits per heavy atom. The van der Waals surface area contributed by atoms with Crippen LogP contribution in [0.1, 0.15) is 5.56 Å². The number of nitrogens with zero attached hydrogens (tertiary/aromatic N) is 1. The fraction of sp³-hybridized carbons (Fsp3) is 0.333. The lowest BCUT2D eigenvalue weighted by Gasteiger charge is -2.13. The van der Waals surface area contributed by atoms with E-state index in [1.54, 1.807) is 6.08 Å². The van der Waals surface area contributed by atoms with E-state index >= 15 is 0 Å². The molecular formula is C12H17NO. The number of likely N-dealkylation sites (N-methyl/N-ethyl adjacent to an activating group) is 1. The fourth-order valence-corrected chi connectivity index (χ4v) is 1.29. The third-order valence-electron chi connectivity index (χ3n) is 1.98.